The van der Waals surface area contributed by atoms with Crippen molar-refractivity contribution in [2.45, 2.75) is 212 Å². The molecule has 0 aliphatic rings. The number of carbonyl (C=O) groups is 1. The quantitative estimate of drug-likeness (QED) is 0.0283. The average Bonchev–Trinajstić information content (AvgIpc) is 2.96. The summed E-state index contributed by atoms with van der Waals surface area (Å²) < 4.78 is 0. The fourth-order valence-corrected chi connectivity index (χ4v) is 5.67. The van der Waals surface area contributed by atoms with Crippen molar-refractivity contribution in [1.29, 1.82) is 0 Å². The highest BCUT2D eigenvalue weighted by Crippen LogP contribution is 2.16. The summed E-state index contributed by atoms with van der Waals surface area (Å²) in [5.74, 6) is -0.543. The third kappa shape index (κ3) is 31.3. The van der Waals surface area contributed by atoms with Crippen molar-refractivity contribution in [3.63, 3.8) is 0 Å². The number of unbranched alkanes of at least 4 members (excludes halogenated alkanes) is 30. The van der Waals surface area contributed by atoms with Gasteiger partial charge in [-0.15, -0.1) is 0 Å². The van der Waals surface area contributed by atoms with Crippen LogP contribution in [0.2, 0.25) is 0 Å². The summed E-state index contributed by atoms with van der Waals surface area (Å²) in [6.07, 6.45) is 44.0. The van der Waals surface area contributed by atoms with Gasteiger partial charge >= 0.3 is 0 Å². The number of hydroxylamine groups is 1. The molecule has 0 atom stereocenters. The maximum Gasteiger partial charge on any atom is 0.269 e. The van der Waals surface area contributed by atoms with Gasteiger partial charge < -0.3 is 0 Å². The molecule has 0 aliphatic carbocycles. The van der Waals surface area contributed by atoms with Gasteiger partial charge in [0, 0.05) is 6.42 Å². The molecular weight excluding hydrogens is 496 g/mol. The molecule has 0 aromatic heterocycles. The van der Waals surface area contributed by atoms with Crippen LogP contribution in [0.15, 0.2) is 5.10 Å². The highest BCUT2D eigenvalue weighted by molar-refractivity contribution is 5.74. The summed E-state index contributed by atoms with van der Waals surface area (Å²) in [5, 5.41) is 12.1. The van der Waals surface area contributed by atoms with E-state index in [-0.39, 0.29) is 11.6 Å². The van der Waals surface area contributed by atoms with Crippen LogP contribution in [0.25, 0.3) is 0 Å². The van der Waals surface area contributed by atoms with Crippen molar-refractivity contribution in [3.05, 3.63) is 0 Å². The van der Waals surface area contributed by atoms with Gasteiger partial charge in [-0.1, -0.05) is 210 Å². The largest absolute Gasteiger partial charge is 0.270 e. The van der Waals surface area contributed by atoms with Crippen LogP contribution in [0.4, 0.5) is 0 Å². The van der Waals surface area contributed by atoms with E-state index < -0.39 is 5.91 Å². The number of nitrogens with zero attached hydrogens (tertiary/aromatic N) is 2. The van der Waals surface area contributed by atoms with E-state index in [4.69, 9.17) is 5.21 Å². The Hall–Kier alpha value is -1.19. The van der Waals surface area contributed by atoms with Gasteiger partial charge in [0.25, 0.3) is 12.0 Å². The van der Waals surface area contributed by atoms with E-state index in [9.17, 15) is 9.59 Å². The lowest BCUT2D eigenvalue weighted by molar-refractivity contribution is -0.165. The molecule has 0 saturated heterocycles. The molecule has 0 bridgehead atoms. The van der Waals surface area contributed by atoms with Gasteiger partial charge in [-0.2, -0.15) is 0 Å². The number of isocyanates is 1. The molecule has 0 unspecified atom stereocenters. The van der Waals surface area contributed by atoms with Crippen molar-refractivity contribution < 1.29 is 14.8 Å². The maximum absolute atomic E-state index is 11.4. The topological polar surface area (TPSA) is 70.0 Å². The predicted octanol–water partition coefficient (Wildman–Crippen LogP) is 12.0. The lowest BCUT2D eigenvalue weighted by Crippen LogP contribution is -2.20. The van der Waals surface area contributed by atoms with Crippen LogP contribution in [0, 0.1) is 0 Å². The summed E-state index contributed by atoms with van der Waals surface area (Å²) in [4.78, 5) is 21.4. The Labute approximate surface area is 249 Å². The molecule has 0 saturated carbocycles. The highest BCUT2D eigenvalue weighted by atomic mass is 16.5. The predicted molar refractivity (Wildman–Crippen MR) is 170 cm³/mol. The second kappa shape index (κ2) is 34.0. The second-order valence-electron chi connectivity index (χ2n) is 12.2. The molecule has 0 aromatic rings. The SMILES string of the molecule is CCCCCCCCCCCCCCCCCCCCCCCCCCCCCCCCCC(=O)N(O)N=C=O. The molecular formula is C35H68N2O3. The Morgan fingerprint density at radius 1 is 0.475 bits per heavy atom. The third-order valence-corrected chi connectivity index (χ3v) is 8.35. The van der Waals surface area contributed by atoms with Crippen LogP contribution in [-0.4, -0.2) is 22.4 Å². The lowest BCUT2D eigenvalue weighted by atomic mass is 10.0. The van der Waals surface area contributed by atoms with Crippen LogP contribution < -0.4 is 0 Å². The number of hydrogen-bond acceptors (Lipinski definition) is 4. The summed E-state index contributed by atoms with van der Waals surface area (Å²) in [5.41, 5.74) is 0. The normalized spacial score (nSPS) is 11.1. The Morgan fingerprint density at radius 3 is 0.925 bits per heavy atom. The first kappa shape index (κ1) is 38.8. The van der Waals surface area contributed by atoms with Crippen molar-refractivity contribution in [2.24, 2.45) is 5.10 Å². The van der Waals surface area contributed by atoms with Gasteiger partial charge in [0.05, 0.1) is 0 Å². The van der Waals surface area contributed by atoms with Crippen LogP contribution in [0.3, 0.4) is 0 Å². The Morgan fingerprint density at radius 2 is 0.700 bits per heavy atom. The fourth-order valence-electron chi connectivity index (χ4n) is 5.67. The molecule has 0 spiro atoms. The minimum Gasteiger partial charge on any atom is -0.270 e. The molecule has 236 valence electrons. The standard InChI is InChI=1S/C35H68N2O3/c1-2-3-4-5-6-7-8-9-10-11-12-13-14-15-16-17-18-19-20-21-22-23-24-25-26-27-28-29-30-31-32-33-35(39)37(40)36-34-38/h40H,2-33H2,1H3. The molecule has 0 rings (SSSR count). The Kier molecular flexibility index (Phi) is 33.0. The van der Waals surface area contributed by atoms with Crippen molar-refractivity contribution in [1.82, 2.24) is 5.17 Å². The van der Waals surface area contributed by atoms with Gasteiger partial charge in [0.1, 0.15) is 0 Å². The number of amides is 1. The van der Waals surface area contributed by atoms with Gasteiger partial charge in [-0.25, -0.2) is 4.79 Å². The zero-order valence-corrected chi connectivity index (χ0v) is 26.8. The minimum absolute atomic E-state index is 0.0927. The van der Waals surface area contributed by atoms with E-state index >= 15 is 0 Å². The van der Waals surface area contributed by atoms with Gasteiger partial charge in [-0.3, -0.25) is 10.0 Å². The number of rotatable bonds is 33. The first-order valence-corrected chi connectivity index (χ1v) is 17.8. The first-order valence-electron chi connectivity index (χ1n) is 17.8. The Bertz CT molecular complexity index is 563. The van der Waals surface area contributed by atoms with Crippen molar-refractivity contribution in [2.75, 3.05) is 0 Å². The average molecular weight is 565 g/mol. The lowest BCUT2D eigenvalue weighted by Gasteiger charge is -2.06. The van der Waals surface area contributed by atoms with Crippen molar-refractivity contribution >= 4 is 12.0 Å². The highest BCUT2D eigenvalue weighted by Gasteiger charge is 2.08. The molecule has 5 nitrogen and oxygen atoms in total. The van der Waals surface area contributed by atoms with E-state index in [1.807, 2.05) is 0 Å². The summed E-state index contributed by atoms with van der Waals surface area (Å²) in [6.45, 7) is 2.30. The van der Waals surface area contributed by atoms with E-state index in [0.29, 0.717) is 0 Å². The maximum atomic E-state index is 11.4. The van der Waals surface area contributed by atoms with E-state index in [0.717, 1.165) is 25.3 Å². The first-order chi connectivity index (χ1) is 19.7. The molecule has 40 heavy (non-hydrogen) atoms. The van der Waals surface area contributed by atoms with Crippen LogP contribution in [-0.2, 0) is 9.59 Å². The molecule has 1 N–H and O–H groups in total. The molecule has 1 amide bonds. The molecule has 0 aliphatic heterocycles. The van der Waals surface area contributed by atoms with Crippen LogP contribution >= 0.6 is 0 Å². The van der Waals surface area contributed by atoms with Gasteiger partial charge in [0.15, 0.2) is 0 Å². The summed E-state index contributed by atoms with van der Waals surface area (Å²) in [7, 11) is 0. The van der Waals surface area contributed by atoms with E-state index in [1.165, 1.54) is 180 Å². The molecule has 5 heteroatoms. The Balaban J connectivity index is 3.10. The number of carbonyl (C=O) groups excluding carboxylic acids is 2. The molecule has 0 fully saturated rings. The zero-order valence-electron chi connectivity index (χ0n) is 26.8. The molecule has 0 heterocycles. The van der Waals surface area contributed by atoms with Crippen LogP contribution in [0.1, 0.15) is 212 Å². The number of hydrogen-bond donors (Lipinski definition) is 1. The van der Waals surface area contributed by atoms with E-state index in [1.54, 1.807) is 0 Å². The van der Waals surface area contributed by atoms with Crippen LogP contribution in [0.5, 0.6) is 0 Å². The summed E-state index contributed by atoms with van der Waals surface area (Å²) in [6, 6.07) is 0. The van der Waals surface area contributed by atoms with Crippen molar-refractivity contribution in [3.8, 4) is 0 Å². The second-order valence-corrected chi connectivity index (χ2v) is 12.2. The number of hydrazone groups is 1. The monoisotopic (exact) mass is 565 g/mol. The minimum atomic E-state index is -0.543. The zero-order chi connectivity index (χ0) is 29.2. The van der Waals surface area contributed by atoms with Gasteiger partial charge in [-0.05, 0) is 6.42 Å². The molecule has 0 aromatic carbocycles. The van der Waals surface area contributed by atoms with E-state index in [2.05, 4.69) is 12.0 Å². The fraction of sp³-hybridized carbons (Fsp3) is 0.943. The smallest absolute Gasteiger partial charge is 0.269 e. The summed E-state index contributed by atoms with van der Waals surface area (Å²) >= 11 is 0. The molecule has 0 radical (unpaired) electrons. The van der Waals surface area contributed by atoms with Gasteiger partial charge in [0.2, 0.25) is 0 Å². The third-order valence-electron chi connectivity index (χ3n) is 8.35.